The maximum atomic E-state index is 2.48. The molecule has 1 heteroatoms. The summed E-state index contributed by atoms with van der Waals surface area (Å²) in [7, 11) is 0. The Hall–Kier alpha value is -5.24. The van der Waals surface area contributed by atoms with E-state index >= 15 is 0 Å². The van der Waals surface area contributed by atoms with Gasteiger partial charge in [0.05, 0.1) is 0 Å². The molecule has 10 rings (SSSR count). The summed E-state index contributed by atoms with van der Waals surface area (Å²) in [6.07, 6.45) is 0. The van der Waals surface area contributed by atoms with Crippen molar-refractivity contribution >= 4 is 63.8 Å². The van der Waals surface area contributed by atoms with Crippen molar-refractivity contribution in [2.45, 2.75) is 19.3 Å². The number of thiophene rings is 1. The molecular formula is C45H30S. The minimum Gasteiger partial charge on any atom is -0.135 e. The monoisotopic (exact) mass is 602 g/mol. The van der Waals surface area contributed by atoms with Crippen LogP contribution in [0.5, 0.6) is 0 Å². The van der Waals surface area contributed by atoms with Gasteiger partial charge < -0.3 is 0 Å². The second kappa shape index (κ2) is 9.39. The Morgan fingerprint density at radius 3 is 1.61 bits per heavy atom. The number of fused-ring (bicyclic) bond motifs is 10. The van der Waals surface area contributed by atoms with E-state index in [2.05, 4.69) is 159 Å². The maximum Gasteiger partial charge on any atom is 0.0361 e. The molecule has 0 saturated heterocycles. The summed E-state index contributed by atoms with van der Waals surface area (Å²) in [5.41, 5.74) is 10.7. The molecule has 8 aromatic carbocycles. The van der Waals surface area contributed by atoms with Crippen LogP contribution in [0.2, 0.25) is 0 Å². The minimum atomic E-state index is -0.0491. The van der Waals surface area contributed by atoms with Gasteiger partial charge in [-0.05, 0) is 95.0 Å². The highest BCUT2D eigenvalue weighted by Crippen LogP contribution is 2.53. The van der Waals surface area contributed by atoms with Crippen LogP contribution in [0.15, 0.2) is 146 Å². The molecule has 1 heterocycles. The highest BCUT2D eigenvalue weighted by Gasteiger charge is 2.36. The summed E-state index contributed by atoms with van der Waals surface area (Å²) in [5.74, 6) is 0. The Morgan fingerprint density at radius 1 is 0.391 bits per heavy atom. The minimum absolute atomic E-state index is 0.0491. The van der Waals surface area contributed by atoms with Crippen molar-refractivity contribution in [2.24, 2.45) is 0 Å². The van der Waals surface area contributed by atoms with Crippen LogP contribution in [0, 0.1) is 0 Å². The van der Waals surface area contributed by atoms with Crippen LogP contribution < -0.4 is 0 Å². The molecule has 0 saturated carbocycles. The van der Waals surface area contributed by atoms with Gasteiger partial charge in [0, 0.05) is 25.6 Å². The summed E-state index contributed by atoms with van der Waals surface area (Å²) >= 11 is 1.89. The fourth-order valence-electron chi connectivity index (χ4n) is 8.31. The molecule has 0 unspecified atom stereocenters. The lowest BCUT2D eigenvalue weighted by atomic mass is 9.81. The van der Waals surface area contributed by atoms with Crippen LogP contribution >= 0.6 is 11.3 Å². The van der Waals surface area contributed by atoms with E-state index in [0.717, 1.165) is 0 Å². The van der Waals surface area contributed by atoms with E-state index in [0.29, 0.717) is 0 Å². The standard InChI is InChI=1S/C45H30S/c1-45(2)38-23-21-28(25-37(38)44-30-12-4-3-11-27(30)20-24-39(44)45)42-33-14-5-7-16-35(33)43(36-17-8-6-15-34(36)42)29-19-22-32-31-13-9-10-18-40(31)46-41(32)26-29/h3-26H,1-2H3. The predicted octanol–water partition coefficient (Wildman–Crippen LogP) is 13.2. The number of hydrogen-bond acceptors (Lipinski definition) is 1. The smallest absolute Gasteiger partial charge is 0.0361 e. The van der Waals surface area contributed by atoms with Crippen LogP contribution in [-0.4, -0.2) is 0 Å². The van der Waals surface area contributed by atoms with Gasteiger partial charge in [-0.15, -0.1) is 11.3 Å². The first kappa shape index (κ1) is 26.0. The van der Waals surface area contributed by atoms with E-state index in [-0.39, 0.29) is 5.41 Å². The molecule has 9 aromatic rings. The third-order valence-electron chi connectivity index (χ3n) is 10.5. The molecule has 216 valence electrons. The van der Waals surface area contributed by atoms with E-state index in [4.69, 9.17) is 0 Å². The van der Waals surface area contributed by atoms with E-state index in [1.165, 1.54) is 97.0 Å². The van der Waals surface area contributed by atoms with Crippen LogP contribution in [0.1, 0.15) is 25.0 Å². The molecular weight excluding hydrogens is 573 g/mol. The van der Waals surface area contributed by atoms with Gasteiger partial charge in [0.15, 0.2) is 0 Å². The topological polar surface area (TPSA) is 0 Å². The van der Waals surface area contributed by atoms with Crippen LogP contribution in [-0.2, 0) is 5.41 Å². The SMILES string of the molecule is CC1(C)c2ccc(-c3c4ccccc4c(-c4ccc5c(c4)sc4ccccc45)c4ccccc34)cc2-c2c1ccc1ccccc21. The van der Waals surface area contributed by atoms with Crippen molar-refractivity contribution in [3.8, 4) is 33.4 Å². The second-order valence-corrected chi connectivity index (χ2v) is 14.3. The Bertz CT molecular complexity index is 2660. The van der Waals surface area contributed by atoms with Gasteiger partial charge in [0.2, 0.25) is 0 Å². The maximum absolute atomic E-state index is 2.48. The molecule has 0 nitrogen and oxygen atoms in total. The van der Waals surface area contributed by atoms with E-state index in [1.54, 1.807) is 0 Å². The van der Waals surface area contributed by atoms with Crippen molar-refractivity contribution in [1.82, 2.24) is 0 Å². The molecule has 1 aromatic heterocycles. The molecule has 0 aliphatic heterocycles. The predicted molar refractivity (Wildman–Crippen MR) is 200 cm³/mol. The number of benzene rings is 8. The average molecular weight is 603 g/mol. The van der Waals surface area contributed by atoms with Gasteiger partial charge in [-0.1, -0.05) is 141 Å². The van der Waals surface area contributed by atoms with Crippen LogP contribution in [0.4, 0.5) is 0 Å². The number of hydrogen-bond donors (Lipinski definition) is 0. The molecule has 0 spiro atoms. The summed E-state index contributed by atoms with van der Waals surface area (Å²) < 4.78 is 2.68. The van der Waals surface area contributed by atoms with Crippen molar-refractivity contribution in [1.29, 1.82) is 0 Å². The van der Waals surface area contributed by atoms with Gasteiger partial charge in [0.25, 0.3) is 0 Å². The van der Waals surface area contributed by atoms with Crippen LogP contribution in [0.3, 0.4) is 0 Å². The third kappa shape index (κ3) is 3.49. The van der Waals surface area contributed by atoms with E-state index < -0.39 is 0 Å². The molecule has 1 aliphatic rings. The lowest BCUT2D eigenvalue weighted by Crippen LogP contribution is -2.14. The van der Waals surface area contributed by atoms with E-state index in [9.17, 15) is 0 Å². The van der Waals surface area contributed by atoms with Crippen molar-refractivity contribution in [3.63, 3.8) is 0 Å². The zero-order chi connectivity index (χ0) is 30.6. The van der Waals surface area contributed by atoms with Gasteiger partial charge in [-0.3, -0.25) is 0 Å². The summed E-state index contributed by atoms with van der Waals surface area (Å²) in [6.45, 7) is 4.75. The molecule has 0 N–H and O–H groups in total. The molecule has 1 aliphatic carbocycles. The zero-order valence-corrected chi connectivity index (χ0v) is 26.6. The molecule has 0 amide bonds. The van der Waals surface area contributed by atoms with E-state index in [1.807, 2.05) is 11.3 Å². The Kier molecular flexibility index (Phi) is 5.31. The highest BCUT2D eigenvalue weighted by molar-refractivity contribution is 7.25. The van der Waals surface area contributed by atoms with Gasteiger partial charge in [-0.25, -0.2) is 0 Å². The molecule has 46 heavy (non-hydrogen) atoms. The molecule has 0 bridgehead atoms. The van der Waals surface area contributed by atoms with Crippen molar-refractivity contribution < 1.29 is 0 Å². The fourth-order valence-corrected chi connectivity index (χ4v) is 9.46. The first-order valence-corrected chi connectivity index (χ1v) is 16.9. The van der Waals surface area contributed by atoms with Crippen molar-refractivity contribution in [3.05, 3.63) is 157 Å². The highest BCUT2D eigenvalue weighted by atomic mass is 32.1. The largest absolute Gasteiger partial charge is 0.135 e. The molecule has 0 fully saturated rings. The fraction of sp³-hybridized carbons (Fsp3) is 0.0667. The van der Waals surface area contributed by atoms with Gasteiger partial charge >= 0.3 is 0 Å². The summed E-state index contributed by atoms with van der Waals surface area (Å²) in [4.78, 5) is 0. The first-order chi connectivity index (χ1) is 22.6. The zero-order valence-electron chi connectivity index (χ0n) is 25.8. The van der Waals surface area contributed by atoms with Crippen molar-refractivity contribution in [2.75, 3.05) is 0 Å². The Morgan fingerprint density at radius 2 is 0.913 bits per heavy atom. The number of rotatable bonds is 2. The van der Waals surface area contributed by atoms with Gasteiger partial charge in [-0.2, -0.15) is 0 Å². The summed E-state index contributed by atoms with van der Waals surface area (Å²) in [6, 6.07) is 54.6. The lowest BCUT2D eigenvalue weighted by molar-refractivity contribution is 0.661. The molecule has 0 radical (unpaired) electrons. The lowest BCUT2D eigenvalue weighted by Gasteiger charge is -2.22. The molecule has 0 atom stereocenters. The normalized spacial score (nSPS) is 13.6. The first-order valence-electron chi connectivity index (χ1n) is 16.1. The summed E-state index contributed by atoms with van der Waals surface area (Å²) in [5, 5.41) is 10.5. The van der Waals surface area contributed by atoms with Gasteiger partial charge in [0.1, 0.15) is 0 Å². The second-order valence-electron chi connectivity index (χ2n) is 13.2. The Balaban J connectivity index is 1.26. The Labute approximate surface area is 272 Å². The van der Waals surface area contributed by atoms with Crippen LogP contribution in [0.25, 0.3) is 85.9 Å². The quantitative estimate of drug-likeness (QED) is 0.173. The average Bonchev–Trinajstić information content (AvgIpc) is 3.58. The third-order valence-corrected chi connectivity index (χ3v) is 11.6.